The van der Waals surface area contributed by atoms with Crippen molar-refractivity contribution in [2.24, 2.45) is 0 Å². The Morgan fingerprint density at radius 1 is 1.12 bits per heavy atom. The van der Waals surface area contributed by atoms with Gasteiger partial charge in [-0.15, -0.1) is 11.8 Å². The van der Waals surface area contributed by atoms with E-state index < -0.39 is 0 Å². The molecular weight excluding hydrogens is 368 g/mol. The van der Waals surface area contributed by atoms with E-state index in [1.54, 1.807) is 31.2 Å². The molecule has 1 unspecified atom stereocenters. The first-order chi connectivity index (χ1) is 12.4. The van der Waals surface area contributed by atoms with Crippen molar-refractivity contribution in [2.45, 2.75) is 32.4 Å². The number of amides is 2. The fraction of sp³-hybridized carbons (Fsp3) is 0.300. The molecule has 4 nitrogen and oxygen atoms in total. The smallest absolute Gasteiger partial charge is 0.237 e. The van der Waals surface area contributed by atoms with Crippen molar-refractivity contribution in [3.05, 3.63) is 58.6 Å². The van der Waals surface area contributed by atoms with Gasteiger partial charge in [0, 0.05) is 16.4 Å². The first-order valence-corrected chi connectivity index (χ1v) is 9.89. The average molecular weight is 391 g/mol. The minimum absolute atomic E-state index is 0.0988. The lowest BCUT2D eigenvalue weighted by Gasteiger charge is -2.16. The normalized spacial score (nSPS) is 11.7. The maximum absolute atomic E-state index is 12.5. The molecule has 2 N–H and O–H groups in total. The summed E-state index contributed by atoms with van der Waals surface area (Å²) in [4.78, 5) is 24.5. The lowest BCUT2D eigenvalue weighted by molar-refractivity contribution is -0.115. The highest BCUT2D eigenvalue weighted by Crippen LogP contribution is 2.23. The topological polar surface area (TPSA) is 58.2 Å². The van der Waals surface area contributed by atoms with Crippen LogP contribution < -0.4 is 10.6 Å². The summed E-state index contributed by atoms with van der Waals surface area (Å²) in [7, 11) is 0. The van der Waals surface area contributed by atoms with E-state index >= 15 is 0 Å². The van der Waals surface area contributed by atoms with Gasteiger partial charge in [-0.2, -0.15) is 0 Å². The van der Waals surface area contributed by atoms with Crippen LogP contribution in [-0.2, 0) is 16.0 Å². The molecule has 0 spiro atoms. The number of benzene rings is 2. The highest BCUT2D eigenvalue weighted by Gasteiger charge is 2.17. The molecule has 0 bridgehead atoms. The van der Waals surface area contributed by atoms with Crippen molar-refractivity contribution < 1.29 is 9.59 Å². The van der Waals surface area contributed by atoms with Gasteiger partial charge in [0.2, 0.25) is 11.8 Å². The fourth-order valence-electron chi connectivity index (χ4n) is 2.43. The van der Waals surface area contributed by atoms with Crippen LogP contribution in [0.3, 0.4) is 0 Å². The molecule has 0 aliphatic rings. The number of anilines is 2. The van der Waals surface area contributed by atoms with Crippen LogP contribution in [0.15, 0.2) is 42.5 Å². The van der Waals surface area contributed by atoms with Crippen molar-refractivity contribution >= 4 is 46.6 Å². The Hall–Kier alpha value is -1.98. The van der Waals surface area contributed by atoms with E-state index in [-0.39, 0.29) is 22.8 Å². The summed E-state index contributed by atoms with van der Waals surface area (Å²) >= 11 is 7.13. The third kappa shape index (κ3) is 5.78. The maximum atomic E-state index is 12.5. The standard InChI is InChI=1S/C20H23ClN2O2S/c1-4-15-7-5-6-13(2)19(15)23-20(25)14(3)26-12-18(24)22-17-10-8-16(21)9-11-17/h5-11,14H,4,12H2,1-3H3,(H,22,24)(H,23,25). The molecule has 0 saturated carbocycles. The summed E-state index contributed by atoms with van der Waals surface area (Å²) in [6.07, 6.45) is 0.850. The van der Waals surface area contributed by atoms with Gasteiger partial charge < -0.3 is 10.6 Å². The lowest BCUT2D eigenvalue weighted by Crippen LogP contribution is -2.25. The van der Waals surface area contributed by atoms with Crippen molar-refractivity contribution in [1.82, 2.24) is 0 Å². The molecule has 6 heteroatoms. The molecule has 0 aliphatic carbocycles. The Morgan fingerprint density at radius 3 is 2.46 bits per heavy atom. The molecule has 26 heavy (non-hydrogen) atoms. The van der Waals surface area contributed by atoms with Crippen LogP contribution in [0.4, 0.5) is 11.4 Å². The van der Waals surface area contributed by atoms with Gasteiger partial charge in [0.1, 0.15) is 0 Å². The summed E-state index contributed by atoms with van der Waals surface area (Å²) in [5.74, 6) is -0.0496. The molecule has 1 atom stereocenters. The van der Waals surface area contributed by atoms with Crippen LogP contribution in [-0.4, -0.2) is 22.8 Å². The van der Waals surface area contributed by atoms with Gasteiger partial charge in [-0.1, -0.05) is 36.7 Å². The summed E-state index contributed by atoms with van der Waals surface area (Å²) in [5, 5.41) is 6.07. The molecular formula is C20H23ClN2O2S. The molecule has 2 amide bonds. The van der Waals surface area contributed by atoms with Crippen molar-refractivity contribution in [3.8, 4) is 0 Å². The molecule has 2 aromatic carbocycles. The Kier molecular flexibility index (Phi) is 7.54. The van der Waals surface area contributed by atoms with Gasteiger partial charge >= 0.3 is 0 Å². The van der Waals surface area contributed by atoms with Gasteiger partial charge in [0.25, 0.3) is 0 Å². The zero-order chi connectivity index (χ0) is 19.1. The monoisotopic (exact) mass is 390 g/mol. The molecule has 0 heterocycles. The molecule has 0 fully saturated rings. The number of hydrogen-bond acceptors (Lipinski definition) is 3. The van der Waals surface area contributed by atoms with Gasteiger partial charge in [-0.25, -0.2) is 0 Å². The molecule has 0 saturated heterocycles. The minimum atomic E-state index is -0.338. The van der Waals surface area contributed by atoms with E-state index in [1.165, 1.54) is 11.8 Å². The predicted octanol–water partition coefficient (Wildman–Crippen LogP) is 4.91. The van der Waals surface area contributed by atoms with Crippen LogP contribution in [0.2, 0.25) is 5.02 Å². The number of rotatable bonds is 7. The molecule has 2 aromatic rings. The van der Waals surface area contributed by atoms with E-state index in [0.717, 1.165) is 23.2 Å². The number of carbonyl (C=O) groups is 2. The van der Waals surface area contributed by atoms with E-state index in [9.17, 15) is 9.59 Å². The maximum Gasteiger partial charge on any atom is 0.237 e. The SMILES string of the molecule is CCc1cccc(C)c1NC(=O)C(C)SCC(=O)Nc1ccc(Cl)cc1. The molecule has 2 rings (SSSR count). The Bertz CT molecular complexity index is 778. The first-order valence-electron chi connectivity index (χ1n) is 8.47. The minimum Gasteiger partial charge on any atom is -0.325 e. The zero-order valence-corrected chi connectivity index (χ0v) is 16.7. The number of para-hydroxylation sites is 1. The highest BCUT2D eigenvalue weighted by molar-refractivity contribution is 8.01. The highest BCUT2D eigenvalue weighted by atomic mass is 35.5. The van der Waals surface area contributed by atoms with Gasteiger partial charge in [-0.05, 0) is 55.7 Å². The van der Waals surface area contributed by atoms with Crippen molar-refractivity contribution in [3.63, 3.8) is 0 Å². The number of nitrogens with one attached hydrogen (secondary N) is 2. The van der Waals surface area contributed by atoms with Gasteiger partial charge in [0.05, 0.1) is 11.0 Å². The van der Waals surface area contributed by atoms with Crippen LogP contribution in [0.25, 0.3) is 0 Å². The van der Waals surface area contributed by atoms with Crippen LogP contribution in [0.1, 0.15) is 25.0 Å². The summed E-state index contributed by atoms with van der Waals surface area (Å²) in [5.41, 5.74) is 3.70. The predicted molar refractivity (Wildman–Crippen MR) is 111 cm³/mol. The number of carbonyl (C=O) groups excluding carboxylic acids is 2. The third-order valence-corrected chi connectivity index (χ3v) is 5.34. The summed E-state index contributed by atoms with van der Waals surface area (Å²) in [6, 6.07) is 12.9. The van der Waals surface area contributed by atoms with Crippen LogP contribution in [0.5, 0.6) is 0 Å². The Balaban J connectivity index is 1.87. The van der Waals surface area contributed by atoms with E-state index in [2.05, 4.69) is 17.6 Å². The summed E-state index contributed by atoms with van der Waals surface area (Å²) in [6.45, 7) is 5.84. The number of halogens is 1. The van der Waals surface area contributed by atoms with Gasteiger partial charge in [0.15, 0.2) is 0 Å². The quantitative estimate of drug-likeness (QED) is 0.706. The Labute approximate surface area is 163 Å². The van der Waals surface area contributed by atoms with E-state index in [4.69, 9.17) is 11.6 Å². The van der Waals surface area contributed by atoms with Gasteiger partial charge in [-0.3, -0.25) is 9.59 Å². The third-order valence-electron chi connectivity index (χ3n) is 3.95. The van der Waals surface area contributed by atoms with E-state index in [1.807, 2.05) is 25.1 Å². The number of hydrogen-bond donors (Lipinski definition) is 2. The molecule has 0 aliphatic heterocycles. The number of aryl methyl sites for hydroxylation is 2. The number of thioether (sulfide) groups is 1. The molecule has 0 radical (unpaired) electrons. The Morgan fingerprint density at radius 2 is 1.81 bits per heavy atom. The zero-order valence-electron chi connectivity index (χ0n) is 15.1. The summed E-state index contributed by atoms with van der Waals surface area (Å²) < 4.78 is 0. The van der Waals surface area contributed by atoms with E-state index in [0.29, 0.717) is 10.7 Å². The largest absolute Gasteiger partial charge is 0.325 e. The first kappa shape index (κ1) is 20.3. The van der Waals surface area contributed by atoms with Crippen LogP contribution >= 0.6 is 23.4 Å². The second-order valence-corrected chi connectivity index (χ2v) is 7.73. The van der Waals surface area contributed by atoms with Crippen molar-refractivity contribution in [2.75, 3.05) is 16.4 Å². The van der Waals surface area contributed by atoms with Crippen molar-refractivity contribution in [1.29, 1.82) is 0 Å². The molecule has 138 valence electrons. The lowest BCUT2D eigenvalue weighted by atomic mass is 10.1. The van der Waals surface area contributed by atoms with Crippen LogP contribution in [0, 0.1) is 6.92 Å². The average Bonchev–Trinajstić information content (AvgIpc) is 2.63. The second kappa shape index (κ2) is 9.64. The fourth-order valence-corrected chi connectivity index (χ4v) is 3.24. The molecule has 0 aromatic heterocycles. The second-order valence-electron chi connectivity index (χ2n) is 5.96.